The normalized spacial score (nSPS) is 26.3. The molecular formula is C10H9ClO2S. The molecule has 0 spiro atoms. The first-order valence-corrected chi connectivity index (χ1v) is 5.43. The van der Waals surface area contributed by atoms with Gasteiger partial charge < -0.3 is 4.74 Å². The Morgan fingerprint density at radius 1 is 1.57 bits per heavy atom. The molecule has 2 heterocycles. The lowest BCUT2D eigenvalue weighted by Crippen LogP contribution is -2.28. The van der Waals surface area contributed by atoms with E-state index in [9.17, 15) is 4.79 Å². The van der Waals surface area contributed by atoms with E-state index in [0.717, 1.165) is 4.88 Å². The predicted molar refractivity (Wildman–Crippen MR) is 56.5 cm³/mol. The van der Waals surface area contributed by atoms with Gasteiger partial charge in [0.25, 0.3) is 0 Å². The van der Waals surface area contributed by atoms with Crippen LogP contribution in [0.2, 0.25) is 4.34 Å². The second-order valence-electron chi connectivity index (χ2n) is 3.40. The first kappa shape index (κ1) is 9.74. The summed E-state index contributed by atoms with van der Waals surface area (Å²) in [5.74, 6) is 0.0864. The van der Waals surface area contributed by atoms with Crippen molar-refractivity contribution in [1.29, 1.82) is 0 Å². The van der Waals surface area contributed by atoms with Gasteiger partial charge in [-0.3, -0.25) is 4.79 Å². The van der Waals surface area contributed by atoms with Crippen molar-refractivity contribution in [1.82, 2.24) is 0 Å². The van der Waals surface area contributed by atoms with Crippen LogP contribution in [-0.2, 0) is 15.1 Å². The highest BCUT2D eigenvalue weighted by Gasteiger charge is 2.33. The number of halogens is 1. The minimum Gasteiger partial charge on any atom is -0.489 e. The minimum absolute atomic E-state index is 0.0864. The fraction of sp³-hybridized carbons (Fsp3) is 0.300. The van der Waals surface area contributed by atoms with Crippen LogP contribution in [0.4, 0.5) is 0 Å². The summed E-state index contributed by atoms with van der Waals surface area (Å²) in [4.78, 5) is 12.2. The van der Waals surface area contributed by atoms with Crippen LogP contribution in [0, 0.1) is 0 Å². The van der Waals surface area contributed by atoms with Crippen LogP contribution >= 0.6 is 22.9 Å². The summed E-state index contributed by atoms with van der Waals surface area (Å²) in [5.41, 5.74) is -0.538. The van der Waals surface area contributed by atoms with Gasteiger partial charge in [0.05, 0.1) is 17.0 Å². The molecule has 0 amide bonds. The quantitative estimate of drug-likeness (QED) is 0.738. The predicted octanol–water partition coefficient (Wildman–Crippen LogP) is 3.12. The second-order valence-corrected chi connectivity index (χ2v) is 5.11. The molecule has 1 unspecified atom stereocenters. The second kappa shape index (κ2) is 3.41. The van der Waals surface area contributed by atoms with Crippen LogP contribution in [0.15, 0.2) is 24.5 Å². The number of thiophene rings is 1. The molecule has 1 atom stereocenters. The Morgan fingerprint density at radius 2 is 2.36 bits per heavy atom. The van der Waals surface area contributed by atoms with E-state index in [0.29, 0.717) is 10.8 Å². The highest BCUT2D eigenvalue weighted by atomic mass is 35.5. The molecule has 0 saturated carbocycles. The summed E-state index contributed by atoms with van der Waals surface area (Å²) < 4.78 is 6.20. The van der Waals surface area contributed by atoms with Crippen molar-refractivity contribution in [2.75, 3.05) is 0 Å². The monoisotopic (exact) mass is 228 g/mol. The summed E-state index contributed by atoms with van der Waals surface area (Å²) in [5, 5.41) is 0. The van der Waals surface area contributed by atoms with Crippen molar-refractivity contribution in [2.24, 2.45) is 0 Å². The van der Waals surface area contributed by atoms with Crippen molar-refractivity contribution in [2.45, 2.75) is 18.9 Å². The van der Waals surface area contributed by atoms with Crippen LogP contribution in [0.3, 0.4) is 0 Å². The molecule has 0 N–H and O–H groups in total. The highest BCUT2D eigenvalue weighted by molar-refractivity contribution is 7.16. The van der Waals surface area contributed by atoms with Gasteiger partial charge in [-0.1, -0.05) is 11.6 Å². The van der Waals surface area contributed by atoms with Gasteiger partial charge in [0.1, 0.15) is 5.60 Å². The van der Waals surface area contributed by atoms with E-state index < -0.39 is 5.60 Å². The Hall–Kier alpha value is -0.800. The maximum Gasteiger partial charge on any atom is 0.163 e. The summed E-state index contributed by atoms with van der Waals surface area (Å²) in [6.07, 6.45) is 3.29. The first-order chi connectivity index (χ1) is 6.60. The molecule has 0 saturated heterocycles. The van der Waals surface area contributed by atoms with E-state index in [1.54, 1.807) is 0 Å². The van der Waals surface area contributed by atoms with Gasteiger partial charge in [0, 0.05) is 11.0 Å². The van der Waals surface area contributed by atoms with Gasteiger partial charge in [-0.15, -0.1) is 11.3 Å². The molecular weight excluding hydrogens is 220 g/mol. The molecule has 1 aromatic rings. The third kappa shape index (κ3) is 1.70. The highest BCUT2D eigenvalue weighted by Crippen LogP contribution is 2.38. The zero-order valence-corrected chi connectivity index (χ0v) is 9.19. The van der Waals surface area contributed by atoms with Gasteiger partial charge >= 0.3 is 0 Å². The Balaban J connectivity index is 2.33. The molecule has 4 heteroatoms. The minimum atomic E-state index is -0.538. The number of carbonyl (C=O) groups excluding carboxylic acids is 1. The Bertz CT molecular complexity index is 397. The van der Waals surface area contributed by atoms with Gasteiger partial charge in [0.15, 0.2) is 5.78 Å². The average Bonchev–Trinajstić information content (AvgIpc) is 2.52. The third-order valence-electron chi connectivity index (χ3n) is 2.19. The fourth-order valence-corrected chi connectivity index (χ4v) is 2.57. The maximum absolute atomic E-state index is 11.3. The molecule has 0 aromatic carbocycles. The summed E-state index contributed by atoms with van der Waals surface area (Å²) >= 11 is 7.29. The smallest absolute Gasteiger partial charge is 0.163 e. The zero-order chi connectivity index (χ0) is 10.2. The lowest BCUT2D eigenvalue weighted by atomic mass is 9.95. The van der Waals surface area contributed by atoms with Crippen molar-refractivity contribution in [3.63, 3.8) is 0 Å². The topological polar surface area (TPSA) is 26.3 Å². The fourth-order valence-electron chi connectivity index (χ4n) is 1.44. The number of hydrogen-bond acceptors (Lipinski definition) is 3. The van der Waals surface area contributed by atoms with Crippen molar-refractivity contribution >= 4 is 28.7 Å². The molecule has 2 nitrogen and oxygen atoms in total. The van der Waals surface area contributed by atoms with Crippen LogP contribution in [-0.4, -0.2) is 5.78 Å². The third-order valence-corrected chi connectivity index (χ3v) is 3.66. The Kier molecular flexibility index (Phi) is 2.37. The molecule has 0 bridgehead atoms. The number of allylic oxidation sites excluding steroid dienone is 1. The van der Waals surface area contributed by atoms with E-state index in [1.165, 1.54) is 23.7 Å². The molecule has 1 aromatic heterocycles. The molecule has 74 valence electrons. The van der Waals surface area contributed by atoms with Gasteiger partial charge in [-0.25, -0.2) is 0 Å². The number of ether oxygens (including phenoxy) is 1. The van der Waals surface area contributed by atoms with Gasteiger partial charge in [-0.05, 0) is 19.1 Å². The van der Waals surface area contributed by atoms with Gasteiger partial charge in [0.2, 0.25) is 0 Å². The van der Waals surface area contributed by atoms with Gasteiger partial charge in [-0.2, -0.15) is 0 Å². The number of rotatable bonds is 1. The van der Waals surface area contributed by atoms with E-state index in [-0.39, 0.29) is 5.78 Å². The Labute approximate surface area is 91.1 Å². The number of ketones is 1. The number of hydrogen-bond donors (Lipinski definition) is 0. The summed E-state index contributed by atoms with van der Waals surface area (Å²) in [6, 6.07) is 3.72. The standard InChI is InChI=1S/C10H9ClO2S/c1-10(6-7(12)4-5-13-10)8-2-3-9(11)14-8/h2-5H,6H2,1H3. The van der Waals surface area contributed by atoms with Crippen LogP contribution < -0.4 is 0 Å². The van der Waals surface area contributed by atoms with Crippen molar-refractivity contribution < 1.29 is 9.53 Å². The molecule has 1 aliphatic rings. The first-order valence-electron chi connectivity index (χ1n) is 4.23. The van der Waals surface area contributed by atoms with Crippen LogP contribution in [0.25, 0.3) is 0 Å². The van der Waals surface area contributed by atoms with Crippen molar-refractivity contribution in [3.8, 4) is 0 Å². The van der Waals surface area contributed by atoms with Crippen LogP contribution in [0.5, 0.6) is 0 Å². The SMILES string of the molecule is CC1(c2ccc(Cl)s2)CC(=O)C=CO1. The summed E-state index contributed by atoms with van der Waals surface area (Å²) in [6.45, 7) is 1.90. The zero-order valence-electron chi connectivity index (χ0n) is 7.62. The maximum atomic E-state index is 11.3. The molecule has 1 aliphatic heterocycles. The molecule has 2 rings (SSSR count). The van der Waals surface area contributed by atoms with E-state index >= 15 is 0 Å². The summed E-state index contributed by atoms with van der Waals surface area (Å²) in [7, 11) is 0. The van der Waals surface area contributed by atoms with Crippen LogP contribution in [0.1, 0.15) is 18.2 Å². The molecule has 0 radical (unpaired) electrons. The molecule has 0 fully saturated rings. The van der Waals surface area contributed by atoms with E-state index in [4.69, 9.17) is 16.3 Å². The Morgan fingerprint density at radius 3 is 2.93 bits per heavy atom. The van der Waals surface area contributed by atoms with E-state index in [1.807, 2.05) is 19.1 Å². The molecule has 0 aliphatic carbocycles. The lowest BCUT2D eigenvalue weighted by molar-refractivity contribution is -0.121. The molecule has 14 heavy (non-hydrogen) atoms. The largest absolute Gasteiger partial charge is 0.489 e. The van der Waals surface area contributed by atoms with Crippen molar-refractivity contribution in [3.05, 3.63) is 33.7 Å². The average molecular weight is 229 g/mol. The van der Waals surface area contributed by atoms with E-state index in [2.05, 4.69) is 0 Å². The lowest BCUT2D eigenvalue weighted by Gasteiger charge is -2.29. The number of carbonyl (C=O) groups is 1.